The Morgan fingerprint density at radius 2 is 1.62 bits per heavy atom. The highest BCUT2D eigenvalue weighted by Crippen LogP contribution is 2.17. The maximum Gasteiger partial charge on any atom is 0.261 e. The number of amides is 2. The van der Waals surface area contributed by atoms with Crippen molar-refractivity contribution >= 4 is 34.8 Å². The van der Waals surface area contributed by atoms with Gasteiger partial charge in [0.2, 0.25) is 0 Å². The number of carbonyl (C=O) groups is 2. The number of likely N-dealkylation sites (tertiary alicyclic amines) is 1. The molecule has 0 atom stereocenters. The molecule has 2 N–H and O–H groups in total. The van der Waals surface area contributed by atoms with Crippen LogP contribution in [0.15, 0.2) is 66.0 Å². The zero-order valence-electron chi connectivity index (χ0n) is 17.7. The monoisotopic (exact) mass is 467 g/mol. The second kappa shape index (κ2) is 10.8. The van der Waals surface area contributed by atoms with Gasteiger partial charge in [-0.1, -0.05) is 41.9 Å². The molecule has 1 saturated heterocycles. The van der Waals surface area contributed by atoms with Gasteiger partial charge in [-0.25, -0.2) is 0 Å². The van der Waals surface area contributed by atoms with Gasteiger partial charge >= 0.3 is 0 Å². The summed E-state index contributed by atoms with van der Waals surface area (Å²) in [5.41, 5.74) is 2.85. The zero-order chi connectivity index (χ0) is 22.3. The van der Waals surface area contributed by atoms with Crippen LogP contribution in [-0.4, -0.2) is 35.8 Å². The minimum atomic E-state index is -0.0794. The van der Waals surface area contributed by atoms with Gasteiger partial charge in [0.25, 0.3) is 11.8 Å². The predicted molar refractivity (Wildman–Crippen MR) is 129 cm³/mol. The van der Waals surface area contributed by atoms with Crippen molar-refractivity contribution in [3.63, 3.8) is 0 Å². The van der Waals surface area contributed by atoms with Gasteiger partial charge in [0.05, 0.1) is 4.88 Å². The minimum absolute atomic E-state index is 0.0460. The molecule has 1 aliphatic heterocycles. The second-order valence-corrected chi connectivity index (χ2v) is 9.39. The minimum Gasteiger partial charge on any atom is -0.349 e. The van der Waals surface area contributed by atoms with Gasteiger partial charge in [0.1, 0.15) is 0 Å². The van der Waals surface area contributed by atoms with Crippen molar-refractivity contribution in [1.29, 1.82) is 0 Å². The molecule has 0 radical (unpaired) electrons. The van der Waals surface area contributed by atoms with E-state index in [1.165, 1.54) is 16.9 Å². The Morgan fingerprint density at radius 3 is 2.28 bits per heavy atom. The van der Waals surface area contributed by atoms with Crippen molar-refractivity contribution < 1.29 is 9.59 Å². The molecule has 0 unspecified atom stereocenters. The average Bonchev–Trinajstić information content (AvgIpc) is 3.36. The van der Waals surface area contributed by atoms with E-state index in [1.807, 2.05) is 47.8 Å². The SMILES string of the molecule is O=C(NC1CCN(Cc2ccc(Cl)cc2)CC1)c1ccc(CNC(=O)c2cccs2)cc1. The van der Waals surface area contributed by atoms with Crippen LogP contribution in [0.3, 0.4) is 0 Å². The summed E-state index contributed by atoms with van der Waals surface area (Å²) in [5, 5.41) is 8.70. The van der Waals surface area contributed by atoms with Crippen LogP contribution in [0.25, 0.3) is 0 Å². The van der Waals surface area contributed by atoms with Gasteiger partial charge in [-0.15, -0.1) is 11.3 Å². The van der Waals surface area contributed by atoms with E-state index in [0.29, 0.717) is 17.0 Å². The summed E-state index contributed by atoms with van der Waals surface area (Å²) in [6.07, 6.45) is 1.87. The summed E-state index contributed by atoms with van der Waals surface area (Å²) in [4.78, 5) is 27.8. The fraction of sp³-hybridized carbons (Fsp3) is 0.280. The molecule has 1 fully saturated rings. The van der Waals surface area contributed by atoms with Gasteiger partial charge in [0.15, 0.2) is 0 Å². The van der Waals surface area contributed by atoms with Crippen molar-refractivity contribution in [2.45, 2.75) is 32.0 Å². The van der Waals surface area contributed by atoms with Crippen molar-refractivity contribution in [3.8, 4) is 0 Å². The number of rotatable bonds is 7. The molecule has 1 aromatic heterocycles. The number of thiophene rings is 1. The molecule has 0 aliphatic carbocycles. The normalized spacial score (nSPS) is 14.8. The Labute approximate surface area is 197 Å². The Morgan fingerprint density at radius 1 is 0.938 bits per heavy atom. The summed E-state index contributed by atoms with van der Waals surface area (Å²) in [5.74, 6) is -0.125. The lowest BCUT2D eigenvalue weighted by atomic mass is 10.0. The molecule has 3 aromatic rings. The van der Waals surface area contributed by atoms with E-state index in [0.717, 1.165) is 43.1 Å². The standard InChI is InChI=1S/C25H26ClN3O2S/c26-21-9-5-19(6-10-21)17-29-13-11-22(12-14-29)28-24(30)20-7-3-18(4-8-20)16-27-25(31)23-2-1-15-32-23/h1-10,15,22H,11-14,16-17H2,(H,27,31)(H,28,30). The predicted octanol–water partition coefficient (Wildman–Crippen LogP) is 4.73. The molecule has 32 heavy (non-hydrogen) atoms. The van der Waals surface area contributed by atoms with Crippen molar-refractivity contribution in [1.82, 2.24) is 15.5 Å². The first kappa shape index (κ1) is 22.5. The highest BCUT2D eigenvalue weighted by molar-refractivity contribution is 7.12. The van der Waals surface area contributed by atoms with Crippen molar-refractivity contribution in [3.05, 3.63) is 92.6 Å². The Balaban J connectivity index is 1.21. The smallest absolute Gasteiger partial charge is 0.261 e. The third-order valence-electron chi connectivity index (χ3n) is 5.66. The summed E-state index contributed by atoms with van der Waals surface area (Å²) in [7, 11) is 0. The highest BCUT2D eigenvalue weighted by Gasteiger charge is 2.21. The third kappa shape index (κ3) is 6.19. The number of nitrogens with zero attached hydrogens (tertiary/aromatic N) is 1. The Kier molecular flexibility index (Phi) is 7.58. The third-order valence-corrected chi connectivity index (χ3v) is 6.78. The lowest BCUT2D eigenvalue weighted by Crippen LogP contribution is -2.44. The first-order valence-electron chi connectivity index (χ1n) is 10.7. The quantitative estimate of drug-likeness (QED) is 0.528. The van der Waals surface area contributed by atoms with Gasteiger partial charge in [-0.3, -0.25) is 14.5 Å². The topological polar surface area (TPSA) is 61.4 Å². The van der Waals surface area contributed by atoms with E-state index in [9.17, 15) is 9.59 Å². The number of hydrogen-bond acceptors (Lipinski definition) is 4. The average molecular weight is 468 g/mol. The molecule has 5 nitrogen and oxygen atoms in total. The number of hydrogen-bond donors (Lipinski definition) is 2. The van der Waals surface area contributed by atoms with E-state index in [-0.39, 0.29) is 17.9 Å². The van der Waals surface area contributed by atoms with Crippen LogP contribution in [0.2, 0.25) is 5.02 Å². The molecule has 0 saturated carbocycles. The van der Waals surface area contributed by atoms with Gasteiger partial charge in [0, 0.05) is 42.8 Å². The van der Waals surface area contributed by atoms with Crippen LogP contribution in [0.5, 0.6) is 0 Å². The lowest BCUT2D eigenvalue weighted by molar-refractivity contribution is 0.0907. The Bertz CT molecular complexity index is 1030. The maximum absolute atomic E-state index is 12.6. The van der Waals surface area contributed by atoms with Crippen LogP contribution >= 0.6 is 22.9 Å². The van der Waals surface area contributed by atoms with E-state index in [1.54, 1.807) is 6.07 Å². The second-order valence-electron chi connectivity index (χ2n) is 8.01. The Hall–Kier alpha value is -2.67. The van der Waals surface area contributed by atoms with Gasteiger partial charge < -0.3 is 10.6 Å². The highest BCUT2D eigenvalue weighted by atomic mass is 35.5. The van der Waals surface area contributed by atoms with Crippen LogP contribution < -0.4 is 10.6 Å². The van der Waals surface area contributed by atoms with Crippen LogP contribution in [0, 0.1) is 0 Å². The summed E-state index contributed by atoms with van der Waals surface area (Å²) >= 11 is 7.38. The number of piperidine rings is 1. The van der Waals surface area contributed by atoms with Crippen LogP contribution in [0.4, 0.5) is 0 Å². The lowest BCUT2D eigenvalue weighted by Gasteiger charge is -2.32. The van der Waals surface area contributed by atoms with E-state index >= 15 is 0 Å². The number of benzene rings is 2. The largest absolute Gasteiger partial charge is 0.349 e. The molecular formula is C25H26ClN3O2S. The van der Waals surface area contributed by atoms with Crippen LogP contribution in [0.1, 0.15) is 44.0 Å². The molecule has 7 heteroatoms. The first-order valence-corrected chi connectivity index (χ1v) is 12.0. The van der Waals surface area contributed by atoms with Crippen LogP contribution in [-0.2, 0) is 13.1 Å². The molecule has 2 heterocycles. The number of nitrogens with one attached hydrogen (secondary N) is 2. The van der Waals surface area contributed by atoms with E-state index < -0.39 is 0 Å². The maximum atomic E-state index is 12.6. The van der Waals surface area contributed by atoms with E-state index in [2.05, 4.69) is 27.7 Å². The summed E-state index contributed by atoms with van der Waals surface area (Å²) in [6, 6.07) is 19.2. The molecule has 0 spiro atoms. The van der Waals surface area contributed by atoms with Gasteiger partial charge in [-0.05, 0) is 59.7 Å². The molecule has 0 bridgehead atoms. The molecule has 4 rings (SSSR count). The van der Waals surface area contributed by atoms with Crippen molar-refractivity contribution in [2.24, 2.45) is 0 Å². The molecule has 2 aromatic carbocycles. The molecule has 166 valence electrons. The molecule has 1 aliphatic rings. The number of carbonyl (C=O) groups excluding carboxylic acids is 2. The fourth-order valence-electron chi connectivity index (χ4n) is 3.80. The van der Waals surface area contributed by atoms with Gasteiger partial charge in [-0.2, -0.15) is 0 Å². The van der Waals surface area contributed by atoms with E-state index in [4.69, 9.17) is 11.6 Å². The number of halogens is 1. The zero-order valence-corrected chi connectivity index (χ0v) is 19.3. The summed E-state index contributed by atoms with van der Waals surface area (Å²) < 4.78 is 0. The van der Waals surface area contributed by atoms with Crippen molar-refractivity contribution in [2.75, 3.05) is 13.1 Å². The molecular weight excluding hydrogens is 442 g/mol. The fourth-order valence-corrected chi connectivity index (χ4v) is 4.57. The first-order chi connectivity index (χ1) is 15.6. The summed E-state index contributed by atoms with van der Waals surface area (Å²) in [6.45, 7) is 3.25. The molecule has 2 amide bonds.